The monoisotopic (exact) mass is 270 g/mol. The Hall–Kier alpha value is -0.610. The summed E-state index contributed by atoms with van der Waals surface area (Å²) in [4.78, 5) is 14.2. The lowest BCUT2D eigenvalue weighted by atomic mass is 9.88. The fourth-order valence-electron chi connectivity index (χ4n) is 2.76. The molecule has 1 fully saturated rings. The van der Waals surface area contributed by atoms with E-state index in [4.69, 9.17) is 0 Å². The average molecular weight is 270 g/mol. The lowest BCUT2D eigenvalue weighted by Crippen LogP contribution is -2.51. The number of likely N-dealkylation sites (tertiary alicyclic amines) is 1. The van der Waals surface area contributed by atoms with E-state index in [1.807, 2.05) is 20.8 Å². The molecule has 0 aromatic carbocycles. The van der Waals surface area contributed by atoms with Crippen molar-refractivity contribution in [2.45, 2.75) is 59.1 Å². The van der Waals surface area contributed by atoms with Gasteiger partial charge in [-0.1, -0.05) is 27.7 Å². The first-order valence-corrected chi connectivity index (χ1v) is 7.67. The minimum Gasteiger partial charge on any atom is -0.393 e. The summed E-state index contributed by atoms with van der Waals surface area (Å²) in [7, 11) is 0. The van der Waals surface area contributed by atoms with Crippen LogP contribution in [-0.2, 0) is 4.79 Å². The second-order valence-corrected chi connectivity index (χ2v) is 6.11. The van der Waals surface area contributed by atoms with E-state index in [1.54, 1.807) is 0 Å². The second-order valence-electron chi connectivity index (χ2n) is 6.11. The van der Waals surface area contributed by atoms with Crippen molar-refractivity contribution in [3.63, 3.8) is 0 Å². The van der Waals surface area contributed by atoms with E-state index >= 15 is 0 Å². The van der Waals surface area contributed by atoms with Crippen LogP contribution in [0.2, 0.25) is 0 Å². The number of nitrogens with zero attached hydrogens (tertiary/aromatic N) is 1. The Morgan fingerprint density at radius 3 is 2.58 bits per heavy atom. The molecular weight excluding hydrogens is 240 g/mol. The molecule has 1 rings (SSSR count). The molecule has 0 radical (unpaired) electrons. The molecule has 3 atom stereocenters. The van der Waals surface area contributed by atoms with Gasteiger partial charge in [-0.15, -0.1) is 0 Å². The van der Waals surface area contributed by atoms with Crippen molar-refractivity contribution in [2.24, 2.45) is 11.8 Å². The third kappa shape index (κ3) is 5.49. The maximum atomic E-state index is 11.8. The molecule has 1 aliphatic heterocycles. The van der Waals surface area contributed by atoms with Crippen LogP contribution in [0.15, 0.2) is 0 Å². The molecule has 1 amide bonds. The van der Waals surface area contributed by atoms with Crippen LogP contribution < -0.4 is 5.32 Å². The summed E-state index contributed by atoms with van der Waals surface area (Å²) in [6.07, 6.45) is 2.45. The third-order valence-corrected chi connectivity index (χ3v) is 4.01. The van der Waals surface area contributed by atoms with Crippen LogP contribution in [0.5, 0.6) is 0 Å². The van der Waals surface area contributed by atoms with E-state index in [-0.39, 0.29) is 24.0 Å². The number of nitrogens with one attached hydrogen (secondary N) is 1. The minimum atomic E-state index is -0.205. The molecule has 19 heavy (non-hydrogen) atoms. The van der Waals surface area contributed by atoms with E-state index in [2.05, 4.69) is 17.1 Å². The molecule has 4 nitrogen and oxygen atoms in total. The molecule has 2 N–H and O–H groups in total. The van der Waals surface area contributed by atoms with Crippen molar-refractivity contribution < 1.29 is 9.90 Å². The smallest absolute Gasteiger partial charge is 0.222 e. The van der Waals surface area contributed by atoms with Crippen molar-refractivity contribution in [1.29, 1.82) is 0 Å². The first-order valence-electron chi connectivity index (χ1n) is 7.67. The highest BCUT2D eigenvalue weighted by Gasteiger charge is 2.28. The number of aliphatic hydroxyl groups is 1. The molecule has 1 heterocycles. The molecule has 0 bridgehead atoms. The van der Waals surface area contributed by atoms with Gasteiger partial charge in [0.1, 0.15) is 0 Å². The third-order valence-electron chi connectivity index (χ3n) is 4.01. The average Bonchev–Trinajstić information content (AvgIpc) is 2.37. The number of carbonyl (C=O) groups is 1. The van der Waals surface area contributed by atoms with Crippen LogP contribution in [0.3, 0.4) is 0 Å². The quantitative estimate of drug-likeness (QED) is 0.771. The molecular formula is C15H30N2O2. The second kappa shape index (κ2) is 7.85. The van der Waals surface area contributed by atoms with Gasteiger partial charge in [0.2, 0.25) is 5.91 Å². The Morgan fingerprint density at radius 1 is 1.37 bits per heavy atom. The van der Waals surface area contributed by atoms with Gasteiger partial charge in [0.15, 0.2) is 0 Å². The Balaban J connectivity index is 2.54. The Kier molecular flexibility index (Phi) is 6.80. The number of aliphatic hydroxyl groups excluding tert-OH is 1. The van der Waals surface area contributed by atoms with Gasteiger partial charge >= 0.3 is 0 Å². The SMILES string of the molecule is CCC(O)CC1CC(NC(=O)C(C)C)CN(CC)C1. The largest absolute Gasteiger partial charge is 0.393 e. The number of hydrogen-bond donors (Lipinski definition) is 2. The Morgan fingerprint density at radius 2 is 2.05 bits per heavy atom. The maximum absolute atomic E-state index is 11.8. The maximum Gasteiger partial charge on any atom is 0.222 e. The zero-order valence-electron chi connectivity index (χ0n) is 12.9. The summed E-state index contributed by atoms with van der Waals surface area (Å²) in [5, 5.41) is 13.0. The van der Waals surface area contributed by atoms with E-state index in [9.17, 15) is 9.90 Å². The predicted octanol–water partition coefficient (Wildman–Crippen LogP) is 1.63. The number of likely N-dealkylation sites (N-methyl/N-ethyl adjacent to an activating group) is 1. The zero-order valence-corrected chi connectivity index (χ0v) is 12.9. The summed E-state index contributed by atoms with van der Waals surface area (Å²) in [6.45, 7) is 11.0. The molecule has 112 valence electrons. The molecule has 1 saturated heterocycles. The molecule has 3 unspecified atom stereocenters. The number of amides is 1. The van der Waals surface area contributed by atoms with Gasteiger partial charge < -0.3 is 15.3 Å². The molecule has 1 aliphatic rings. The van der Waals surface area contributed by atoms with E-state index in [0.29, 0.717) is 5.92 Å². The van der Waals surface area contributed by atoms with Crippen molar-refractivity contribution >= 4 is 5.91 Å². The van der Waals surface area contributed by atoms with Gasteiger partial charge in [0, 0.05) is 25.0 Å². The predicted molar refractivity (Wildman–Crippen MR) is 77.9 cm³/mol. The van der Waals surface area contributed by atoms with Crippen LogP contribution in [0.25, 0.3) is 0 Å². The first-order chi connectivity index (χ1) is 8.96. The highest BCUT2D eigenvalue weighted by atomic mass is 16.3. The summed E-state index contributed by atoms with van der Waals surface area (Å²) in [5.74, 6) is 0.663. The minimum absolute atomic E-state index is 0.0386. The fraction of sp³-hybridized carbons (Fsp3) is 0.933. The van der Waals surface area contributed by atoms with Crippen LogP contribution in [0.4, 0.5) is 0 Å². The molecule has 0 aliphatic carbocycles. The highest BCUT2D eigenvalue weighted by molar-refractivity contribution is 5.78. The Bertz CT molecular complexity index is 279. The fourth-order valence-corrected chi connectivity index (χ4v) is 2.76. The van der Waals surface area contributed by atoms with Gasteiger partial charge in [-0.05, 0) is 31.7 Å². The summed E-state index contributed by atoms with van der Waals surface area (Å²) in [5.41, 5.74) is 0. The number of carbonyl (C=O) groups excluding carboxylic acids is 1. The van der Waals surface area contributed by atoms with Crippen LogP contribution >= 0.6 is 0 Å². The summed E-state index contributed by atoms with van der Waals surface area (Å²) >= 11 is 0. The van der Waals surface area contributed by atoms with Gasteiger partial charge in [-0.2, -0.15) is 0 Å². The molecule has 0 aromatic heterocycles. The number of rotatable bonds is 6. The molecule has 0 aromatic rings. The van der Waals surface area contributed by atoms with Gasteiger partial charge in [-0.25, -0.2) is 0 Å². The van der Waals surface area contributed by atoms with Crippen molar-refractivity contribution in [3.05, 3.63) is 0 Å². The van der Waals surface area contributed by atoms with Gasteiger partial charge in [0.25, 0.3) is 0 Å². The lowest BCUT2D eigenvalue weighted by Gasteiger charge is -2.38. The summed E-state index contributed by atoms with van der Waals surface area (Å²) < 4.78 is 0. The zero-order chi connectivity index (χ0) is 14.4. The van der Waals surface area contributed by atoms with Gasteiger partial charge in [0.05, 0.1) is 6.10 Å². The van der Waals surface area contributed by atoms with Crippen LogP contribution in [0.1, 0.15) is 47.0 Å². The number of hydrogen-bond acceptors (Lipinski definition) is 3. The number of piperidine rings is 1. The van der Waals surface area contributed by atoms with Gasteiger partial charge in [-0.3, -0.25) is 4.79 Å². The first kappa shape index (κ1) is 16.4. The van der Waals surface area contributed by atoms with Crippen LogP contribution in [0, 0.1) is 11.8 Å². The van der Waals surface area contributed by atoms with E-state index in [0.717, 1.165) is 38.9 Å². The highest BCUT2D eigenvalue weighted by Crippen LogP contribution is 2.22. The summed E-state index contributed by atoms with van der Waals surface area (Å²) in [6, 6.07) is 0.234. The van der Waals surface area contributed by atoms with E-state index in [1.165, 1.54) is 0 Å². The van der Waals surface area contributed by atoms with Crippen LogP contribution in [-0.4, -0.2) is 47.7 Å². The molecule has 0 spiro atoms. The normalized spacial score (nSPS) is 26.4. The van der Waals surface area contributed by atoms with E-state index < -0.39 is 0 Å². The molecule has 0 saturated carbocycles. The standard InChI is InChI=1S/C15H30N2O2/c1-5-14(18)8-12-7-13(10-17(6-2)9-12)16-15(19)11(3)4/h11-14,18H,5-10H2,1-4H3,(H,16,19). The van der Waals surface area contributed by atoms with Crippen molar-refractivity contribution in [1.82, 2.24) is 10.2 Å². The lowest BCUT2D eigenvalue weighted by molar-refractivity contribution is -0.125. The topological polar surface area (TPSA) is 52.6 Å². The Labute approximate surface area is 117 Å². The molecule has 4 heteroatoms. The van der Waals surface area contributed by atoms with Crippen molar-refractivity contribution in [3.8, 4) is 0 Å². The van der Waals surface area contributed by atoms with Crippen molar-refractivity contribution in [2.75, 3.05) is 19.6 Å².